The molecule has 1 amide bonds. The van der Waals surface area contributed by atoms with Crippen molar-refractivity contribution in [3.05, 3.63) is 16.5 Å². The SMILES string of the molecule is COC(=O)c1c(C)nc(Cl)nc1N1C[C@H]2CC[C@@H](C1)N2C(=O)OC(C)(C)C. The van der Waals surface area contributed by atoms with E-state index in [1.807, 2.05) is 30.6 Å². The monoisotopic (exact) mass is 396 g/mol. The Morgan fingerprint density at radius 2 is 1.74 bits per heavy atom. The fraction of sp³-hybridized carbons (Fsp3) is 0.667. The number of anilines is 1. The van der Waals surface area contributed by atoms with Gasteiger partial charge in [-0.2, -0.15) is 4.98 Å². The fourth-order valence-corrected chi connectivity index (χ4v) is 3.99. The van der Waals surface area contributed by atoms with E-state index in [1.54, 1.807) is 6.92 Å². The molecule has 1 aromatic rings. The molecule has 0 unspecified atom stereocenters. The Balaban J connectivity index is 1.87. The third kappa shape index (κ3) is 3.95. The number of amides is 1. The van der Waals surface area contributed by atoms with Crippen LogP contribution in [0.15, 0.2) is 0 Å². The zero-order valence-corrected chi connectivity index (χ0v) is 17.0. The number of methoxy groups -OCH3 is 1. The highest BCUT2D eigenvalue weighted by Crippen LogP contribution is 2.35. The summed E-state index contributed by atoms with van der Waals surface area (Å²) in [4.78, 5) is 37.1. The number of rotatable bonds is 2. The van der Waals surface area contributed by atoms with Crippen molar-refractivity contribution in [2.24, 2.45) is 0 Å². The van der Waals surface area contributed by atoms with Crippen molar-refractivity contribution in [2.75, 3.05) is 25.1 Å². The summed E-state index contributed by atoms with van der Waals surface area (Å²) in [5.41, 5.74) is 0.244. The number of hydrogen-bond donors (Lipinski definition) is 0. The number of piperazine rings is 1. The van der Waals surface area contributed by atoms with Gasteiger partial charge in [0, 0.05) is 13.1 Å². The van der Waals surface area contributed by atoms with Gasteiger partial charge in [0.2, 0.25) is 5.28 Å². The summed E-state index contributed by atoms with van der Waals surface area (Å²) in [7, 11) is 1.32. The van der Waals surface area contributed by atoms with E-state index < -0.39 is 11.6 Å². The number of aromatic nitrogens is 2. The van der Waals surface area contributed by atoms with Crippen molar-refractivity contribution in [1.29, 1.82) is 0 Å². The molecule has 0 radical (unpaired) electrons. The summed E-state index contributed by atoms with van der Waals surface area (Å²) in [5.74, 6) is -0.0406. The zero-order valence-electron chi connectivity index (χ0n) is 16.3. The molecule has 2 saturated heterocycles. The van der Waals surface area contributed by atoms with Gasteiger partial charge in [-0.05, 0) is 52.1 Å². The van der Waals surface area contributed by atoms with Crippen LogP contribution in [-0.4, -0.2) is 64.8 Å². The summed E-state index contributed by atoms with van der Waals surface area (Å²) in [6, 6.07) is -0.00344. The van der Waals surface area contributed by atoms with Crippen LogP contribution in [0.2, 0.25) is 5.28 Å². The van der Waals surface area contributed by atoms with Gasteiger partial charge in [0.15, 0.2) is 0 Å². The highest BCUT2D eigenvalue weighted by Gasteiger charge is 2.45. The molecule has 3 heterocycles. The molecule has 0 aromatic carbocycles. The second-order valence-electron chi connectivity index (χ2n) is 7.95. The zero-order chi connectivity index (χ0) is 19.9. The Morgan fingerprint density at radius 3 is 2.26 bits per heavy atom. The molecule has 9 heteroatoms. The molecule has 0 spiro atoms. The average Bonchev–Trinajstić information content (AvgIpc) is 2.82. The molecule has 0 N–H and O–H groups in total. The highest BCUT2D eigenvalue weighted by atomic mass is 35.5. The van der Waals surface area contributed by atoms with Crippen LogP contribution in [0.25, 0.3) is 0 Å². The number of halogens is 1. The third-order valence-corrected chi connectivity index (χ3v) is 4.99. The van der Waals surface area contributed by atoms with Gasteiger partial charge in [0.05, 0.1) is 24.9 Å². The molecule has 148 valence electrons. The van der Waals surface area contributed by atoms with Gasteiger partial charge in [-0.1, -0.05) is 0 Å². The summed E-state index contributed by atoms with van der Waals surface area (Å²) >= 11 is 6.04. The second kappa shape index (κ2) is 7.14. The van der Waals surface area contributed by atoms with Gasteiger partial charge >= 0.3 is 12.1 Å². The van der Waals surface area contributed by atoms with Crippen LogP contribution >= 0.6 is 11.6 Å². The summed E-state index contributed by atoms with van der Waals surface area (Å²) < 4.78 is 10.5. The first kappa shape index (κ1) is 19.7. The normalized spacial score (nSPS) is 22.0. The van der Waals surface area contributed by atoms with Crippen LogP contribution in [0, 0.1) is 6.92 Å². The molecule has 0 aliphatic carbocycles. The maximum Gasteiger partial charge on any atom is 0.410 e. The van der Waals surface area contributed by atoms with Crippen LogP contribution in [-0.2, 0) is 9.47 Å². The van der Waals surface area contributed by atoms with E-state index in [1.165, 1.54) is 7.11 Å². The van der Waals surface area contributed by atoms with E-state index >= 15 is 0 Å². The van der Waals surface area contributed by atoms with Crippen LogP contribution in [0.5, 0.6) is 0 Å². The lowest BCUT2D eigenvalue weighted by Crippen LogP contribution is -2.57. The molecule has 3 rings (SSSR count). The number of esters is 1. The lowest BCUT2D eigenvalue weighted by atomic mass is 10.1. The molecule has 1 aromatic heterocycles. The van der Waals surface area contributed by atoms with Crippen molar-refractivity contribution >= 4 is 29.5 Å². The minimum atomic E-state index is -0.539. The number of hydrogen-bond acceptors (Lipinski definition) is 7. The quantitative estimate of drug-likeness (QED) is 0.561. The maximum absolute atomic E-state index is 12.6. The first-order valence-corrected chi connectivity index (χ1v) is 9.37. The number of fused-ring (bicyclic) bond motifs is 2. The molecular weight excluding hydrogens is 372 g/mol. The van der Waals surface area contributed by atoms with Crippen molar-refractivity contribution in [3.63, 3.8) is 0 Å². The topological polar surface area (TPSA) is 84.9 Å². The van der Waals surface area contributed by atoms with E-state index in [0.29, 0.717) is 30.2 Å². The van der Waals surface area contributed by atoms with Gasteiger partial charge in [0.1, 0.15) is 17.0 Å². The Kier molecular flexibility index (Phi) is 5.20. The predicted molar refractivity (Wildman–Crippen MR) is 100 cm³/mol. The maximum atomic E-state index is 12.6. The first-order valence-electron chi connectivity index (χ1n) is 8.99. The second-order valence-corrected chi connectivity index (χ2v) is 8.28. The molecule has 2 aliphatic rings. The number of nitrogens with zero attached hydrogens (tertiary/aromatic N) is 4. The highest BCUT2D eigenvalue weighted by molar-refractivity contribution is 6.28. The Morgan fingerprint density at radius 1 is 1.15 bits per heavy atom. The van der Waals surface area contributed by atoms with Gasteiger partial charge in [-0.15, -0.1) is 0 Å². The van der Waals surface area contributed by atoms with Crippen LogP contribution in [0.1, 0.15) is 49.7 Å². The van der Waals surface area contributed by atoms with Gasteiger partial charge in [-0.3, -0.25) is 4.90 Å². The van der Waals surface area contributed by atoms with E-state index in [4.69, 9.17) is 21.1 Å². The van der Waals surface area contributed by atoms with Crippen LogP contribution < -0.4 is 4.90 Å². The van der Waals surface area contributed by atoms with Crippen molar-refractivity contribution < 1.29 is 19.1 Å². The predicted octanol–water partition coefficient (Wildman–Crippen LogP) is 2.81. The molecule has 8 nitrogen and oxygen atoms in total. The van der Waals surface area contributed by atoms with Crippen LogP contribution in [0.3, 0.4) is 0 Å². The van der Waals surface area contributed by atoms with Gasteiger partial charge < -0.3 is 14.4 Å². The Hall–Kier alpha value is -2.09. The average molecular weight is 397 g/mol. The minimum Gasteiger partial charge on any atom is -0.465 e. The van der Waals surface area contributed by atoms with E-state index in [9.17, 15) is 9.59 Å². The molecule has 2 atom stereocenters. The Bertz CT molecular complexity index is 750. The number of carbonyl (C=O) groups excluding carboxylic acids is 2. The standard InChI is InChI=1S/C18H25ClN4O4/c1-10-13(15(24)26-5)14(21-16(19)20-10)22-8-11-6-7-12(9-22)23(11)17(25)27-18(2,3)4/h11-12H,6-9H2,1-5H3/t11-,12+. The van der Waals surface area contributed by atoms with E-state index in [-0.39, 0.29) is 23.5 Å². The fourth-order valence-electron chi connectivity index (χ4n) is 3.78. The van der Waals surface area contributed by atoms with Crippen molar-refractivity contribution in [3.8, 4) is 0 Å². The molecule has 2 fully saturated rings. The first-order chi connectivity index (χ1) is 12.6. The summed E-state index contributed by atoms with van der Waals surface area (Å²) in [6.07, 6.45) is 1.47. The van der Waals surface area contributed by atoms with Gasteiger partial charge in [0.25, 0.3) is 0 Å². The van der Waals surface area contributed by atoms with E-state index in [0.717, 1.165) is 12.8 Å². The van der Waals surface area contributed by atoms with Crippen molar-refractivity contribution in [1.82, 2.24) is 14.9 Å². The minimum absolute atomic E-state index is 0.00172. The van der Waals surface area contributed by atoms with Crippen LogP contribution in [0.4, 0.5) is 10.6 Å². The number of carbonyl (C=O) groups is 2. The summed E-state index contributed by atoms with van der Waals surface area (Å²) in [5, 5.41) is 0.0806. The third-order valence-electron chi connectivity index (χ3n) is 4.82. The number of aryl methyl sites for hydroxylation is 1. The molecular formula is C18H25ClN4O4. The largest absolute Gasteiger partial charge is 0.465 e. The lowest BCUT2D eigenvalue weighted by Gasteiger charge is -2.42. The Labute approximate surface area is 163 Å². The molecule has 0 saturated carbocycles. The number of ether oxygens (including phenoxy) is 2. The smallest absolute Gasteiger partial charge is 0.410 e. The van der Waals surface area contributed by atoms with Gasteiger partial charge in [-0.25, -0.2) is 14.6 Å². The lowest BCUT2D eigenvalue weighted by molar-refractivity contribution is 0.0122. The summed E-state index contributed by atoms with van der Waals surface area (Å²) in [6.45, 7) is 8.37. The molecule has 2 aliphatic heterocycles. The van der Waals surface area contributed by atoms with Crippen molar-refractivity contribution in [2.45, 2.75) is 58.2 Å². The molecule has 2 bridgehead atoms. The van der Waals surface area contributed by atoms with E-state index in [2.05, 4.69) is 9.97 Å². The molecule has 27 heavy (non-hydrogen) atoms.